The van der Waals surface area contributed by atoms with Gasteiger partial charge in [0, 0.05) is 12.1 Å². The van der Waals surface area contributed by atoms with Gasteiger partial charge in [-0.2, -0.15) is 0 Å². The average molecular weight is 280 g/mol. The van der Waals surface area contributed by atoms with E-state index >= 15 is 0 Å². The van der Waals surface area contributed by atoms with Crippen molar-refractivity contribution in [2.75, 3.05) is 20.3 Å². The lowest BCUT2D eigenvalue weighted by Gasteiger charge is -2.13. The Labute approximate surface area is 119 Å². The Morgan fingerprint density at radius 3 is 2.90 bits per heavy atom. The molecule has 0 saturated carbocycles. The molecule has 2 rings (SSSR count). The minimum absolute atomic E-state index is 0.321. The highest BCUT2D eigenvalue weighted by molar-refractivity contribution is 6.59. The van der Waals surface area contributed by atoms with Gasteiger partial charge >= 0.3 is 7.12 Å². The second-order valence-electron chi connectivity index (χ2n) is 4.90. The molecule has 0 bridgehead atoms. The van der Waals surface area contributed by atoms with E-state index in [1.54, 1.807) is 18.2 Å². The normalized spacial score (nSPS) is 18.1. The summed E-state index contributed by atoms with van der Waals surface area (Å²) in [6, 6.07) is 5.00. The Balaban J connectivity index is 1.84. The fraction of sp³-hybridized carbons (Fsp3) is 0.571. The van der Waals surface area contributed by atoms with Crippen LogP contribution in [0, 0.1) is 0 Å². The third kappa shape index (κ3) is 4.13. The highest BCUT2D eigenvalue weighted by atomic mass is 16.5. The summed E-state index contributed by atoms with van der Waals surface area (Å²) in [7, 11) is -0.0383. The van der Waals surface area contributed by atoms with Gasteiger partial charge in [0.25, 0.3) is 0 Å². The number of rotatable bonds is 7. The van der Waals surface area contributed by atoms with Crippen LogP contribution in [0.15, 0.2) is 18.2 Å². The first-order chi connectivity index (χ1) is 9.70. The van der Waals surface area contributed by atoms with Crippen LogP contribution in [0.2, 0.25) is 0 Å². The topological polar surface area (TPSA) is 68.2 Å². The quantitative estimate of drug-likeness (QED) is 0.569. The van der Waals surface area contributed by atoms with Gasteiger partial charge in [0.1, 0.15) is 11.5 Å². The number of ether oxygens (including phenoxy) is 3. The first-order valence-corrected chi connectivity index (χ1v) is 6.99. The van der Waals surface area contributed by atoms with E-state index in [9.17, 15) is 10.0 Å². The molecule has 1 atom stereocenters. The third-order valence-electron chi connectivity index (χ3n) is 3.45. The molecule has 1 aromatic rings. The number of methoxy groups -OCH3 is 1. The molecule has 2 N–H and O–H groups in total. The van der Waals surface area contributed by atoms with Crippen LogP contribution < -0.4 is 14.9 Å². The van der Waals surface area contributed by atoms with E-state index in [4.69, 9.17) is 14.2 Å². The fourth-order valence-electron chi connectivity index (χ4n) is 2.35. The molecule has 1 aromatic carbocycles. The molecule has 1 saturated heterocycles. The van der Waals surface area contributed by atoms with E-state index < -0.39 is 7.12 Å². The van der Waals surface area contributed by atoms with Crippen molar-refractivity contribution in [3.8, 4) is 11.5 Å². The summed E-state index contributed by atoms with van der Waals surface area (Å²) in [5.74, 6) is 1.05. The number of hydrogen-bond donors (Lipinski definition) is 2. The molecule has 0 aromatic heterocycles. The van der Waals surface area contributed by atoms with Gasteiger partial charge in [0.05, 0.1) is 19.8 Å². The summed E-state index contributed by atoms with van der Waals surface area (Å²) in [5.41, 5.74) is 0.321. The van der Waals surface area contributed by atoms with E-state index in [-0.39, 0.29) is 0 Å². The zero-order valence-electron chi connectivity index (χ0n) is 11.7. The van der Waals surface area contributed by atoms with E-state index in [0.717, 1.165) is 32.3 Å². The monoisotopic (exact) mass is 280 g/mol. The molecule has 1 aliphatic heterocycles. The van der Waals surface area contributed by atoms with E-state index in [0.29, 0.717) is 29.7 Å². The summed E-state index contributed by atoms with van der Waals surface area (Å²) in [6.07, 6.45) is 4.50. The molecule has 0 radical (unpaired) electrons. The van der Waals surface area contributed by atoms with Crippen LogP contribution in [-0.2, 0) is 4.74 Å². The lowest BCUT2D eigenvalue weighted by molar-refractivity contribution is 0.0981. The van der Waals surface area contributed by atoms with Crippen molar-refractivity contribution in [2.45, 2.75) is 31.8 Å². The van der Waals surface area contributed by atoms with Crippen LogP contribution in [0.5, 0.6) is 11.5 Å². The Morgan fingerprint density at radius 1 is 1.40 bits per heavy atom. The van der Waals surface area contributed by atoms with E-state index in [1.165, 1.54) is 7.11 Å². The summed E-state index contributed by atoms with van der Waals surface area (Å²) in [5, 5.41) is 18.7. The van der Waals surface area contributed by atoms with Crippen molar-refractivity contribution in [1.82, 2.24) is 0 Å². The van der Waals surface area contributed by atoms with Crippen molar-refractivity contribution in [1.29, 1.82) is 0 Å². The lowest BCUT2D eigenvalue weighted by atomic mass is 9.79. The van der Waals surface area contributed by atoms with Gasteiger partial charge < -0.3 is 24.3 Å². The molecule has 0 amide bonds. The van der Waals surface area contributed by atoms with Gasteiger partial charge in [-0.1, -0.05) is 0 Å². The summed E-state index contributed by atoms with van der Waals surface area (Å²) >= 11 is 0. The van der Waals surface area contributed by atoms with Crippen molar-refractivity contribution >= 4 is 12.6 Å². The molecule has 6 heteroatoms. The molecular weight excluding hydrogens is 259 g/mol. The molecule has 1 unspecified atom stereocenters. The highest BCUT2D eigenvalue weighted by Crippen LogP contribution is 2.18. The summed E-state index contributed by atoms with van der Waals surface area (Å²) < 4.78 is 16.2. The first-order valence-electron chi connectivity index (χ1n) is 6.99. The second kappa shape index (κ2) is 7.52. The van der Waals surface area contributed by atoms with Gasteiger partial charge in [-0.3, -0.25) is 0 Å². The summed E-state index contributed by atoms with van der Waals surface area (Å²) in [4.78, 5) is 0. The average Bonchev–Trinajstić information content (AvgIpc) is 2.96. The number of benzene rings is 1. The Bertz CT molecular complexity index is 418. The Kier molecular flexibility index (Phi) is 5.70. The van der Waals surface area contributed by atoms with Gasteiger partial charge in [0.2, 0.25) is 0 Å². The van der Waals surface area contributed by atoms with Gasteiger partial charge in [-0.25, -0.2) is 0 Å². The molecule has 1 heterocycles. The predicted molar refractivity (Wildman–Crippen MR) is 76.5 cm³/mol. The maximum Gasteiger partial charge on any atom is 0.492 e. The minimum Gasteiger partial charge on any atom is -0.497 e. The predicted octanol–water partition coefficient (Wildman–Crippen LogP) is 0.713. The smallest absolute Gasteiger partial charge is 0.492 e. The fourth-order valence-corrected chi connectivity index (χ4v) is 2.35. The molecule has 20 heavy (non-hydrogen) atoms. The van der Waals surface area contributed by atoms with Crippen LogP contribution in [0.3, 0.4) is 0 Å². The molecule has 1 fully saturated rings. The van der Waals surface area contributed by atoms with Crippen LogP contribution in [-0.4, -0.2) is 43.6 Å². The Hall–Kier alpha value is -1.24. The molecule has 0 spiro atoms. The summed E-state index contributed by atoms with van der Waals surface area (Å²) in [6.45, 7) is 1.40. The first kappa shape index (κ1) is 15.2. The second-order valence-corrected chi connectivity index (χ2v) is 4.90. The standard InChI is InChI=1S/C14H21BO5/c1-18-12-6-7-14(13(10-12)15(16)17)20-9-3-5-11-4-2-8-19-11/h6-7,10-11,16-17H,2-5,8-9H2,1H3. The molecule has 5 nitrogen and oxygen atoms in total. The molecule has 1 aliphatic rings. The minimum atomic E-state index is -1.57. The maximum absolute atomic E-state index is 9.35. The highest BCUT2D eigenvalue weighted by Gasteiger charge is 2.19. The number of hydrogen-bond acceptors (Lipinski definition) is 5. The zero-order chi connectivity index (χ0) is 14.4. The van der Waals surface area contributed by atoms with Gasteiger partial charge in [0.15, 0.2) is 0 Å². The van der Waals surface area contributed by atoms with Crippen molar-refractivity contribution in [2.24, 2.45) is 0 Å². The van der Waals surface area contributed by atoms with E-state index in [2.05, 4.69) is 0 Å². The lowest BCUT2D eigenvalue weighted by Crippen LogP contribution is -2.31. The maximum atomic E-state index is 9.35. The van der Waals surface area contributed by atoms with Crippen molar-refractivity contribution in [3.05, 3.63) is 18.2 Å². The van der Waals surface area contributed by atoms with Crippen LogP contribution in [0.25, 0.3) is 0 Å². The van der Waals surface area contributed by atoms with Gasteiger partial charge in [-0.15, -0.1) is 0 Å². The third-order valence-corrected chi connectivity index (χ3v) is 3.45. The van der Waals surface area contributed by atoms with Crippen molar-refractivity contribution < 1.29 is 24.3 Å². The van der Waals surface area contributed by atoms with Crippen LogP contribution in [0.1, 0.15) is 25.7 Å². The van der Waals surface area contributed by atoms with Crippen LogP contribution in [0.4, 0.5) is 0 Å². The zero-order valence-corrected chi connectivity index (χ0v) is 11.7. The van der Waals surface area contributed by atoms with E-state index in [1.807, 2.05) is 0 Å². The largest absolute Gasteiger partial charge is 0.497 e. The molecule has 110 valence electrons. The van der Waals surface area contributed by atoms with Crippen LogP contribution >= 0.6 is 0 Å². The van der Waals surface area contributed by atoms with Crippen molar-refractivity contribution in [3.63, 3.8) is 0 Å². The SMILES string of the molecule is COc1ccc(OCCCC2CCCO2)c(B(O)O)c1. The molecule has 0 aliphatic carbocycles. The Morgan fingerprint density at radius 2 is 2.25 bits per heavy atom. The van der Waals surface area contributed by atoms with Gasteiger partial charge in [-0.05, 0) is 43.9 Å². The molecular formula is C14H21BO5.